The molecule has 0 bridgehead atoms. The van der Waals surface area contributed by atoms with E-state index < -0.39 is 6.09 Å². The Morgan fingerprint density at radius 1 is 1.46 bits per heavy atom. The van der Waals surface area contributed by atoms with Gasteiger partial charge in [0.05, 0.1) is 5.16 Å². The molecule has 0 aliphatic carbocycles. The SMILES string of the molecule is O=C(NN=C=S)Oc1ccccc1. The van der Waals surface area contributed by atoms with E-state index in [2.05, 4.69) is 17.3 Å². The summed E-state index contributed by atoms with van der Waals surface area (Å²) < 4.78 is 4.79. The molecule has 5 heteroatoms. The number of ether oxygens (including phenoxy) is 1. The Kier molecular flexibility index (Phi) is 3.63. The molecule has 0 saturated heterocycles. The van der Waals surface area contributed by atoms with Crippen LogP contribution in [0, 0.1) is 0 Å². The molecule has 0 unspecified atom stereocenters. The summed E-state index contributed by atoms with van der Waals surface area (Å²) in [4.78, 5) is 10.9. The Balaban J connectivity index is 2.50. The molecule has 0 atom stereocenters. The van der Waals surface area contributed by atoms with Crippen molar-refractivity contribution in [2.24, 2.45) is 5.10 Å². The van der Waals surface area contributed by atoms with Crippen molar-refractivity contribution in [3.63, 3.8) is 0 Å². The number of hydrogen-bond acceptors (Lipinski definition) is 4. The lowest BCUT2D eigenvalue weighted by Gasteiger charge is -2.00. The molecule has 1 aromatic rings. The molecular formula is C8H6N2O2S. The first-order valence-corrected chi connectivity index (χ1v) is 3.83. The molecule has 66 valence electrons. The second-order valence-electron chi connectivity index (χ2n) is 2.02. The zero-order valence-corrected chi connectivity index (χ0v) is 7.38. The number of benzene rings is 1. The second-order valence-corrected chi connectivity index (χ2v) is 2.20. The van der Waals surface area contributed by atoms with Gasteiger partial charge in [-0.15, -0.1) is 5.10 Å². The fraction of sp³-hybridized carbons (Fsp3) is 0. The smallest absolute Gasteiger partial charge is 0.409 e. The first-order valence-electron chi connectivity index (χ1n) is 3.42. The van der Waals surface area contributed by atoms with Gasteiger partial charge in [0.2, 0.25) is 0 Å². The highest BCUT2D eigenvalue weighted by atomic mass is 32.1. The van der Waals surface area contributed by atoms with Crippen molar-refractivity contribution < 1.29 is 9.53 Å². The minimum absolute atomic E-state index is 0.444. The van der Waals surface area contributed by atoms with Gasteiger partial charge in [0.25, 0.3) is 0 Å². The van der Waals surface area contributed by atoms with Gasteiger partial charge in [0.1, 0.15) is 5.75 Å². The third kappa shape index (κ3) is 3.46. The van der Waals surface area contributed by atoms with Crippen LogP contribution in [0.3, 0.4) is 0 Å². The van der Waals surface area contributed by atoms with Crippen molar-refractivity contribution in [2.45, 2.75) is 0 Å². The Morgan fingerprint density at radius 3 is 2.77 bits per heavy atom. The molecule has 4 nitrogen and oxygen atoms in total. The van der Waals surface area contributed by atoms with E-state index in [0.29, 0.717) is 5.75 Å². The molecule has 1 aromatic carbocycles. The zero-order chi connectivity index (χ0) is 9.52. The van der Waals surface area contributed by atoms with Crippen LogP contribution in [0.5, 0.6) is 5.75 Å². The summed E-state index contributed by atoms with van der Waals surface area (Å²) in [7, 11) is 0. The lowest BCUT2D eigenvalue weighted by molar-refractivity contribution is 0.201. The van der Waals surface area contributed by atoms with Crippen molar-refractivity contribution in [1.82, 2.24) is 5.43 Å². The van der Waals surface area contributed by atoms with Crippen LogP contribution in [-0.2, 0) is 0 Å². The van der Waals surface area contributed by atoms with Crippen LogP contribution in [0.4, 0.5) is 4.79 Å². The molecule has 0 aliphatic heterocycles. The third-order valence-corrected chi connectivity index (χ3v) is 1.24. The van der Waals surface area contributed by atoms with Crippen molar-refractivity contribution in [1.29, 1.82) is 0 Å². The minimum Gasteiger partial charge on any atom is -0.409 e. The summed E-state index contributed by atoms with van der Waals surface area (Å²) in [6.45, 7) is 0. The number of isothiocyanates is 1. The van der Waals surface area contributed by atoms with E-state index >= 15 is 0 Å². The molecule has 0 heterocycles. The molecule has 0 aliphatic rings. The number of thiocarbonyl (C=S) groups is 1. The molecule has 1 rings (SSSR count). The number of amides is 1. The second kappa shape index (κ2) is 5.03. The van der Waals surface area contributed by atoms with E-state index in [1.54, 1.807) is 24.3 Å². The van der Waals surface area contributed by atoms with Crippen molar-refractivity contribution >= 4 is 23.5 Å². The van der Waals surface area contributed by atoms with E-state index in [1.165, 1.54) is 0 Å². The lowest BCUT2D eigenvalue weighted by Crippen LogP contribution is -2.21. The van der Waals surface area contributed by atoms with Crippen LogP contribution in [0.15, 0.2) is 35.4 Å². The number of nitrogens with zero attached hydrogens (tertiary/aromatic N) is 1. The lowest BCUT2D eigenvalue weighted by atomic mass is 10.3. The normalized spacial score (nSPS) is 8.31. The topological polar surface area (TPSA) is 50.7 Å². The highest BCUT2D eigenvalue weighted by Crippen LogP contribution is 2.07. The van der Waals surface area contributed by atoms with Crippen LogP contribution in [0.1, 0.15) is 0 Å². The Labute approximate surface area is 80.2 Å². The summed E-state index contributed by atoms with van der Waals surface area (Å²) in [5, 5.41) is 5.19. The summed E-state index contributed by atoms with van der Waals surface area (Å²) >= 11 is 4.25. The van der Waals surface area contributed by atoms with Gasteiger partial charge in [-0.3, -0.25) is 0 Å². The fourth-order valence-electron chi connectivity index (χ4n) is 0.687. The maximum absolute atomic E-state index is 10.9. The van der Waals surface area contributed by atoms with E-state index in [-0.39, 0.29) is 0 Å². The van der Waals surface area contributed by atoms with Gasteiger partial charge in [-0.05, 0) is 24.4 Å². The molecule has 13 heavy (non-hydrogen) atoms. The van der Waals surface area contributed by atoms with Gasteiger partial charge >= 0.3 is 6.09 Å². The quantitative estimate of drug-likeness (QED) is 0.443. The van der Waals surface area contributed by atoms with Crippen molar-refractivity contribution in [3.8, 4) is 5.75 Å². The Hall–Kier alpha value is -1.71. The minimum atomic E-state index is -0.691. The standard InChI is InChI=1S/C8H6N2O2S/c11-8(10-9-6-13)12-7-4-2-1-3-5-7/h1-5H,(H,10,11). The van der Waals surface area contributed by atoms with Crippen LogP contribution in [-0.4, -0.2) is 11.3 Å². The monoisotopic (exact) mass is 194 g/mol. The molecule has 0 spiro atoms. The predicted octanol–water partition coefficient (Wildman–Crippen LogP) is 1.79. The highest BCUT2D eigenvalue weighted by molar-refractivity contribution is 7.78. The van der Waals surface area contributed by atoms with Crippen LogP contribution >= 0.6 is 12.2 Å². The van der Waals surface area contributed by atoms with E-state index in [9.17, 15) is 4.79 Å². The number of nitrogens with one attached hydrogen (secondary N) is 1. The number of hydrazone groups is 1. The molecule has 1 amide bonds. The first kappa shape index (κ1) is 9.38. The summed E-state index contributed by atoms with van der Waals surface area (Å²) in [5.41, 5.74) is 2.03. The van der Waals surface area contributed by atoms with Gasteiger partial charge in [0, 0.05) is 0 Å². The third-order valence-electron chi connectivity index (χ3n) is 1.15. The van der Waals surface area contributed by atoms with Crippen molar-refractivity contribution in [2.75, 3.05) is 0 Å². The van der Waals surface area contributed by atoms with E-state index in [1.807, 2.05) is 16.7 Å². The molecule has 0 aromatic heterocycles. The number of para-hydroxylation sites is 1. The maximum atomic E-state index is 10.9. The Bertz CT molecular complexity index is 333. The molecular weight excluding hydrogens is 188 g/mol. The first-order chi connectivity index (χ1) is 6.33. The number of rotatable bonds is 2. The highest BCUT2D eigenvalue weighted by Gasteiger charge is 2.00. The largest absolute Gasteiger partial charge is 0.433 e. The average Bonchev–Trinajstić information content (AvgIpc) is 2.16. The van der Waals surface area contributed by atoms with E-state index in [4.69, 9.17) is 4.74 Å². The van der Waals surface area contributed by atoms with Gasteiger partial charge in [0.15, 0.2) is 0 Å². The van der Waals surface area contributed by atoms with E-state index in [0.717, 1.165) is 0 Å². The number of carbonyl (C=O) groups is 1. The van der Waals surface area contributed by atoms with Crippen molar-refractivity contribution in [3.05, 3.63) is 30.3 Å². The predicted molar refractivity (Wildman–Crippen MR) is 50.6 cm³/mol. The summed E-state index contributed by atoms with van der Waals surface area (Å²) in [5.74, 6) is 0.444. The van der Waals surface area contributed by atoms with Gasteiger partial charge in [-0.1, -0.05) is 18.2 Å². The number of carbonyl (C=O) groups excluding carboxylic acids is 1. The van der Waals surface area contributed by atoms with Gasteiger partial charge < -0.3 is 4.74 Å². The zero-order valence-electron chi connectivity index (χ0n) is 6.56. The molecule has 0 radical (unpaired) electrons. The van der Waals surface area contributed by atoms with Crippen LogP contribution in [0.25, 0.3) is 0 Å². The van der Waals surface area contributed by atoms with Gasteiger partial charge in [-0.25, -0.2) is 10.2 Å². The summed E-state index contributed by atoms with van der Waals surface area (Å²) in [6.07, 6.45) is -0.691. The molecule has 0 saturated carbocycles. The maximum Gasteiger partial charge on any atom is 0.433 e. The molecule has 1 N–H and O–H groups in total. The summed E-state index contributed by atoms with van der Waals surface area (Å²) in [6, 6.07) is 8.64. The Morgan fingerprint density at radius 2 is 2.15 bits per heavy atom. The number of hydrogen-bond donors (Lipinski definition) is 1. The van der Waals surface area contributed by atoms with Crippen LogP contribution < -0.4 is 10.2 Å². The fourth-order valence-corrected chi connectivity index (χ4v) is 0.733. The molecule has 0 fully saturated rings. The average molecular weight is 194 g/mol. The van der Waals surface area contributed by atoms with Gasteiger partial charge in [-0.2, -0.15) is 0 Å². The van der Waals surface area contributed by atoms with Crippen LogP contribution in [0.2, 0.25) is 0 Å².